The van der Waals surface area contributed by atoms with Crippen LogP contribution in [0.15, 0.2) is 60.8 Å². The van der Waals surface area contributed by atoms with Crippen molar-refractivity contribution in [3.63, 3.8) is 0 Å². The minimum Gasteiger partial charge on any atom is -0.481 e. The van der Waals surface area contributed by atoms with E-state index < -0.39 is 12.1 Å². The summed E-state index contributed by atoms with van der Waals surface area (Å²) < 4.78 is 0. The van der Waals surface area contributed by atoms with E-state index in [9.17, 15) is 9.90 Å². The van der Waals surface area contributed by atoms with Crippen LogP contribution in [0.2, 0.25) is 0 Å². The molecule has 2 atom stereocenters. The lowest BCUT2D eigenvalue weighted by Gasteiger charge is -2.02. The molecule has 2 unspecified atom stereocenters. The number of carbonyl (C=O) groups is 1. The van der Waals surface area contributed by atoms with Gasteiger partial charge >= 0.3 is 5.97 Å². The number of hydrogen-bond donors (Lipinski definition) is 3. The summed E-state index contributed by atoms with van der Waals surface area (Å²) in [6.45, 7) is 2.21. The number of unbranched alkanes of at least 4 members (excludes halogenated alkanes) is 3. The molecule has 0 amide bonds. The zero-order valence-electron chi connectivity index (χ0n) is 16.5. The Balaban J connectivity index is 3.75. The van der Waals surface area contributed by atoms with Crippen LogP contribution in [0.25, 0.3) is 0 Å². The van der Waals surface area contributed by atoms with Gasteiger partial charge in [-0.25, -0.2) is 0 Å². The second kappa shape index (κ2) is 18.9. The molecular weight excluding hydrogens is 340 g/mol. The highest BCUT2D eigenvalue weighted by atomic mass is 16.4. The molecule has 0 rings (SSSR count). The van der Waals surface area contributed by atoms with Crippen LogP contribution in [0, 0.1) is 5.92 Å². The number of aliphatic hydroxyl groups is 2. The van der Waals surface area contributed by atoms with Crippen molar-refractivity contribution < 1.29 is 20.1 Å². The topological polar surface area (TPSA) is 77.8 Å². The highest BCUT2D eigenvalue weighted by molar-refractivity contribution is 5.66. The molecule has 0 aliphatic carbocycles. The van der Waals surface area contributed by atoms with Gasteiger partial charge in [-0.05, 0) is 44.4 Å². The Hall–Kier alpha value is -1.91. The van der Waals surface area contributed by atoms with Crippen molar-refractivity contribution in [2.45, 2.75) is 64.4 Å². The van der Waals surface area contributed by atoms with Gasteiger partial charge in [-0.3, -0.25) is 4.79 Å². The summed E-state index contributed by atoms with van der Waals surface area (Å²) in [5.41, 5.74) is 0. The molecule has 152 valence electrons. The van der Waals surface area contributed by atoms with Crippen LogP contribution >= 0.6 is 0 Å². The third kappa shape index (κ3) is 18.7. The molecule has 4 heteroatoms. The van der Waals surface area contributed by atoms with Gasteiger partial charge in [0.1, 0.15) is 0 Å². The van der Waals surface area contributed by atoms with Gasteiger partial charge < -0.3 is 15.3 Å². The lowest BCUT2D eigenvalue weighted by atomic mass is 10.1. The summed E-state index contributed by atoms with van der Waals surface area (Å²) in [7, 11) is 0. The van der Waals surface area contributed by atoms with E-state index >= 15 is 0 Å². The van der Waals surface area contributed by atoms with Gasteiger partial charge in [0, 0.05) is 13.0 Å². The number of aliphatic hydroxyl groups excluding tert-OH is 2. The normalized spacial score (nSPS) is 15.1. The van der Waals surface area contributed by atoms with E-state index in [-0.39, 0.29) is 18.9 Å². The average molecular weight is 377 g/mol. The number of carboxylic acid groups (broad SMARTS) is 1. The molecule has 0 spiro atoms. The van der Waals surface area contributed by atoms with Crippen LogP contribution in [0.3, 0.4) is 0 Å². The van der Waals surface area contributed by atoms with E-state index in [2.05, 4.69) is 12.2 Å². The van der Waals surface area contributed by atoms with Crippen molar-refractivity contribution in [1.82, 2.24) is 0 Å². The first kappa shape index (κ1) is 25.1. The molecule has 0 heterocycles. The van der Waals surface area contributed by atoms with Crippen LogP contribution in [0.4, 0.5) is 0 Å². The van der Waals surface area contributed by atoms with Crippen molar-refractivity contribution in [3.05, 3.63) is 60.8 Å². The molecule has 27 heavy (non-hydrogen) atoms. The third-order valence-electron chi connectivity index (χ3n) is 4.05. The fraction of sp³-hybridized carbons (Fsp3) is 0.522. The van der Waals surface area contributed by atoms with Gasteiger partial charge in [-0.15, -0.1) is 0 Å². The highest BCUT2D eigenvalue weighted by Gasteiger charge is 1.96. The number of allylic oxidation sites excluding steroid dienone is 7. The van der Waals surface area contributed by atoms with E-state index in [1.165, 1.54) is 0 Å². The quantitative estimate of drug-likeness (QED) is 0.202. The second-order valence-electron chi connectivity index (χ2n) is 6.48. The minimum atomic E-state index is -0.719. The van der Waals surface area contributed by atoms with E-state index in [4.69, 9.17) is 10.2 Å². The molecule has 0 saturated heterocycles. The zero-order chi connectivity index (χ0) is 20.2. The third-order valence-corrected chi connectivity index (χ3v) is 4.05. The molecule has 0 aliphatic heterocycles. The maximum Gasteiger partial charge on any atom is 0.303 e. The molecule has 0 aromatic rings. The smallest absolute Gasteiger partial charge is 0.303 e. The lowest BCUT2D eigenvalue weighted by Crippen LogP contribution is -1.99. The van der Waals surface area contributed by atoms with Gasteiger partial charge in [-0.2, -0.15) is 0 Å². The first-order chi connectivity index (χ1) is 13.1. The van der Waals surface area contributed by atoms with E-state index in [1.807, 2.05) is 49.5 Å². The Bertz CT molecular complexity index is 497. The maximum atomic E-state index is 10.4. The SMILES string of the molecule is CCC(/C=C/C=C\C=C\C(O)C/C=C\C/C=C\CCCCCC(=O)O)CO. The molecule has 3 N–H and O–H groups in total. The number of carboxylic acids is 1. The van der Waals surface area contributed by atoms with Crippen LogP contribution < -0.4 is 0 Å². The molecule has 0 fully saturated rings. The fourth-order valence-corrected chi connectivity index (χ4v) is 2.29. The van der Waals surface area contributed by atoms with Crippen molar-refractivity contribution >= 4 is 5.97 Å². The molecule has 0 aromatic carbocycles. The first-order valence-electron chi connectivity index (χ1n) is 9.92. The molecule has 0 aliphatic rings. The van der Waals surface area contributed by atoms with Gasteiger partial charge in [0.25, 0.3) is 0 Å². The molecule has 0 bridgehead atoms. The molecule has 0 saturated carbocycles. The number of hydrogen-bond acceptors (Lipinski definition) is 3. The summed E-state index contributed by atoms with van der Waals surface area (Å²) in [6.07, 6.45) is 25.3. The predicted molar refractivity (Wildman–Crippen MR) is 113 cm³/mol. The Morgan fingerprint density at radius 3 is 2.30 bits per heavy atom. The fourth-order valence-electron chi connectivity index (χ4n) is 2.29. The zero-order valence-corrected chi connectivity index (χ0v) is 16.5. The van der Waals surface area contributed by atoms with Gasteiger partial charge in [0.05, 0.1) is 6.10 Å². The van der Waals surface area contributed by atoms with Gasteiger partial charge in [0.2, 0.25) is 0 Å². The highest BCUT2D eigenvalue weighted by Crippen LogP contribution is 2.05. The first-order valence-corrected chi connectivity index (χ1v) is 9.92. The van der Waals surface area contributed by atoms with Gasteiger partial charge in [0.15, 0.2) is 0 Å². The molecular formula is C23H36O4. The monoisotopic (exact) mass is 376 g/mol. The average Bonchev–Trinajstić information content (AvgIpc) is 2.65. The van der Waals surface area contributed by atoms with Crippen molar-refractivity contribution in [1.29, 1.82) is 0 Å². The van der Waals surface area contributed by atoms with Crippen LogP contribution in [-0.4, -0.2) is 34.0 Å². The Morgan fingerprint density at radius 1 is 0.926 bits per heavy atom. The van der Waals surface area contributed by atoms with E-state index in [0.717, 1.165) is 38.5 Å². The standard InChI is InChI=1S/C23H36O4/c1-2-21(20-24)16-12-10-11-14-18-22(25)17-13-8-6-4-3-5-7-9-15-19-23(26)27/h3-4,8,10-14,16,18,21-22,24-25H,2,5-7,9,15,17,19-20H2,1H3,(H,26,27)/b4-3-,11-10-,13-8-,16-12+,18-14+. The predicted octanol–water partition coefficient (Wildman–Crippen LogP) is 4.96. The van der Waals surface area contributed by atoms with Crippen LogP contribution in [-0.2, 0) is 4.79 Å². The van der Waals surface area contributed by atoms with E-state index in [0.29, 0.717) is 6.42 Å². The Morgan fingerprint density at radius 2 is 1.63 bits per heavy atom. The Labute approximate surface area is 164 Å². The molecule has 4 nitrogen and oxygen atoms in total. The van der Waals surface area contributed by atoms with Crippen LogP contribution in [0.5, 0.6) is 0 Å². The molecule has 0 radical (unpaired) electrons. The summed E-state index contributed by atoms with van der Waals surface area (Å²) in [5.74, 6) is -0.510. The lowest BCUT2D eigenvalue weighted by molar-refractivity contribution is -0.137. The van der Waals surface area contributed by atoms with Crippen molar-refractivity contribution in [2.24, 2.45) is 5.92 Å². The summed E-state index contributed by atoms with van der Waals surface area (Å²) in [5, 5.41) is 27.4. The Kier molecular flexibility index (Phi) is 17.5. The molecule has 0 aromatic heterocycles. The van der Waals surface area contributed by atoms with Crippen molar-refractivity contribution in [2.75, 3.05) is 6.61 Å². The number of rotatable bonds is 16. The summed E-state index contributed by atoms with van der Waals surface area (Å²) in [6, 6.07) is 0. The van der Waals surface area contributed by atoms with E-state index in [1.54, 1.807) is 6.08 Å². The summed E-state index contributed by atoms with van der Waals surface area (Å²) in [4.78, 5) is 10.4. The van der Waals surface area contributed by atoms with Gasteiger partial charge in [-0.1, -0.05) is 74.1 Å². The minimum absolute atomic E-state index is 0.170. The largest absolute Gasteiger partial charge is 0.481 e. The maximum absolute atomic E-state index is 10.4. The summed E-state index contributed by atoms with van der Waals surface area (Å²) >= 11 is 0. The number of aliphatic carboxylic acids is 1. The second-order valence-corrected chi connectivity index (χ2v) is 6.48. The van der Waals surface area contributed by atoms with Crippen LogP contribution in [0.1, 0.15) is 58.3 Å². The van der Waals surface area contributed by atoms with Crippen molar-refractivity contribution in [3.8, 4) is 0 Å².